The second kappa shape index (κ2) is 4.79. The number of hydrogen-bond donors (Lipinski definition) is 2. The van der Waals surface area contributed by atoms with Crippen molar-refractivity contribution in [2.45, 2.75) is 11.1 Å². The molecule has 2 rings (SSSR count). The molecule has 4 nitrogen and oxygen atoms in total. The van der Waals surface area contributed by atoms with Crippen LogP contribution >= 0.6 is 22.9 Å². The molecular weight excluding hydrogens is 294 g/mol. The van der Waals surface area contributed by atoms with E-state index in [1.807, 2.05) is 0 Å². The summed E-state index contributed by atoms with van der Waals surface area (Å²) < 4.78 is 26.9. The molecule has 1 aromatic heterocycles. The third-order valence-corrected chi connectivity index (χ3v) is 5.38. The first kappa shape index (κ1) is 13.2. The Hall–Kier alpha value is -1.24. The highest BCUT2D eigenvalue weighted by atomic mass is 35.5. The Bertz CT molecular complexity index is 679. The number of nitrogens with one attached hydrogen (secondary N) is 1. The summed E-state index contributed by atoms with van der Waals surface area (Å²) in [6, 6.07) is 7.54. The van der Waals surface area contributed by atoms with Crippen LogP contribution in [0.1, 0.15) is 5.56 Å². The number of phenolic OH excluding ortho intramolecular Hbond substituents is 1. The van der Waals surface area contributed by atoms with Crippen molar-refractivity contribution in [3.05, 3.63) is 40.2 Å². The largest absolute Gasteiger partial charge is 0.508 e. The Morgan fingerprint density at radius 3 is 2.56 bits per heavy atom. The van der Waals surface area contributed by atoms with Gasteiger partial charge in [0.2, 0.25) is 0 Å². The number of thiophene rings is 1. The zero-order valence-electron chi connectivity index (χ0n) is 9.34. The van der Waals surface area contributed by atoms with Gasteiger partial charge in [0.15, 0.2) is 0 Å². The molecule has 0 spiro atoms. The van der Waals surface area contributed by atoms with E-state index in [4.69, 9.17) is 11.6 Å². The number of aryl methyl sites for hydroxylation is 1. The van der Waals surface area contributed by atoms with Crippen LogP contribution < -0.4 is 4.72 Å². The van der Waals surface area contributed by atoms with Crippen LogP contribution in [0, 0.1) is 6.92 Å². The van der Waals surface area contributed by atoms with Crippen LogP contribution in [0.2, 0.25) is 4.34 Å². The van der Waals surface area contributed by atoms with E-state index < -0.39 is 10.0 Å². The summed E-state index contributed by atoms with van der Waals surface area (Å²) in [5.74, 6) is 0.0411. The van der Waals surface area contributed by atoms with E-state index >= 15 is 0 Å². The molecule has 0 amide bonds. The number of anilines is 1. The van der Waals surface area contributed by atoms with Gasteiger partial charge in [-0.25, -0.2) is 8.42 Å². The molecule has 2 N–H and O–H groups in total. The number of hydrogen-bond acceptors (Lipinski definition) is 4. The molecule has 7 heteroatoms. The summed E-state index contributed by atoms with van der Waals surface area (Å²) in [6.45, 7) is 1.73. The molecule has 0 saturated carbocycles. The van der Waals surface area contributed by atoms with E-state index in [0.29, 0.717) is 15.6 Å². The van der Waals surface area contributed by atoms with Crippen molar-refractivity contribution in [3.63, 3.8) is 0 Å². The molecule has 1 aromatic carbocycles. The fourth-order valence-electron chi connectivity index (χ4n) is 1.32. The van der Waals surface area contributed by atoms with Crippen LogP contribution in [0.5, 0.6) is 5.75 Å². The van der Waals surface area contributed by atoms with Gasteiger partial charge in [-0.2, -0.15) is 0 Å². The molecular formula is C11H10ClNO3S2. The Morgan fingerprint density at radius 2 is 2.00 bits per heavy atom. The number of aromatic hydroxyl groups is 1. The summed E-state index contributed by atoms with van der Waals surface area (Å²) >= 11 is 6.68. The maximum absolute atomic E-state index is 12.0. The van der Waals surface area contributed by atoms with E-state index in [9.17, 15) is 13.5 Å². The van der Waals surface area contributed by atoms with Crippen molar-refractivity contribution in [3.8, 4) is 5.75 Å². The van der Waals surface area contributed by atoms with E-state index in [-0.39, 0.29) is 9.96 Å². The summed E-state index contributed by atoms with van der Waals surface area (Å²) in [7, 11) is -3.65. The molecule has 2 aromatic rings. The lowest BCUT2D eigenvalue weighted by Crippen LogP contribution is -2.11. The zero-order chi connectivity index (χ0) is 13.3. The van der Waals surface area contributed by atoms with Crippen LogP contribution in [0.25, 0.3) is 0 Å². The topological polar surface area (TPSA) is 66.4 Å². The van der Waals surface area contributed by atoms with Crippen molar-refractivity contribution in [2.24, 2.45) is 0 Å². The number of rotatable bonds is 3. The normalized spacial score (nSPS) is 11.4. The molecule has 0 saturated heterocycles. The van der Waals surface area contributed by atoms with Crippen LogP contribution in [-0.2, 0) is 10.0 Å². The number of sulfonamides is 1. The first-order valence-electron chi connectivity index (χ1n) is 4.96. The molecule has 0 bridgehead atoms. The van der Waals surface area contributed by atoms with Gasteiger partial charge in [0, 0.05) is 6.07 Å². The lowest BCUT2D eigenvalue weighted by Gasteiger charge is -2.07. The Balaban J connectivity index is 2.30. The maximum atomic E-state index is 12.0. The fourth-order valence-corrected chi connectivity index (χ4v) is 3.85. The SMILES string of the molecule is Cc1ccc(NS(=O)(=O)c2ccc(Cl)s2)cc1O. The Labute approximate surface area is 114 Å². The Kier molecular flexibility index (Phi) is 3.52. The fraction of sp³-hybridized carbons (Fsp3) is 0.0909. The lowest BCUT2D eigenvalue weighted by molar-refractivity contribution is 0.471. The average Bonchev–Trinajstić information content (AvgIpc) is 2.71. The Morgan fingerprint density at radius 1 is 1.28 bits per heavy atom. The molecule has 0 aliphatic rings. The van der Waals surface area contributed by atoms with E-state index in [1.165, 1.54) is 18.2 Å². The second-order valence-corrected chi connectivity index (χ2v) is 7.29. The van der Waals surface area contributed by atoms with Crippen molar-refractivity contribution < 1.29 is 13.5 Å². The van der Waals surface area contributed by atoms with Gasteiger partial charge in [0.1, 0.15) is 9.96 Å². The summed E-state index contributed by atoms with van der Waals surface area (Å²) in [5, 5.41) is 9.52. The molecule has 96 valence electrons. The molecule has 18 heavy (non-hydrogen) atoms. The first-order valence-corrected chi connectivity index (χ1v) is 7.64. The van der Waals surface area contributed by atoms with Gasteiger partial charge >= 0.3 is 0 Å². The quantitative estimate of drug-likeness (QED) is 0.915. The monoisotopic (exact) mass is 303 g/mol. The van der Waals surface area contributed by atoms with Crippen LogP contribution in [0.15, 0.2) is 34.5 Å². The molecule has 0 aliphatic heterocycles. The van der Waals surface area contributed by atoms with Crippen LogP contribution in [-0.4, -0.2) is 13.5 Å². The van der Waals surface area contributed by atoms with E-state index in [2.05, 4.69) is 4.72 Å². The van der Waals surface area contributed by atoms with Crippen molar-refractivity contribution >= 4 is 38.6 Å². The summed E-state index contributed by atoms with van der Waals surface area (Å²) in [5.41, 5.74) is 0.986. The summed E-state index contributed by atoms with van der Waals surface area (Å²) in [4.78, 5) is 0. The second-order valence-electron chi connectivity index (χ2n) is 3.67. The first-order chi connectivity index (χ1) is 8.38. The van der Waals surface area contributed by atoms with Gasteiger partial charge in [0.05, 0.1) is 10.0 Å². The minimum absolute atomic E-state index is 0.0411. The highest BCUT2D eigenvalue weighted by Gasteiger charge is 2.17. The molecule has 0 radical (unpaired) electrons. The smallest absolute Gasteiger partial charge is 0.271 e. The number of phenols is 1. The van der Waals surface area contributed by atoms with Gasteiger partial charge in [-0.1, -0.05) is 17.7 Å². The maximum Gasteiger partial charge on any atom is 0.271 e. The highest BCUT2D eigenvalue weighted by molar-refractivity contribution is 7.94. The van der Waals surface area contributed by atoms with E-state index in [1.54, 1.807) is 19.1 Å². The van der Waals surface area contributed by atoms with Crippen molar-refractivity contribution in [2.75, 3.05) is 4.72 Å². The minimum Gasteiger partial charge on any atom is -0.508 e. The van der Waals surface area contributed by atoms with Crippen molar-refractivity contribution in [1.29, 1.82) is 0 Å². The molecule has 0 fully saturated rings. The van der Waals surface area contributed by atoms with Crippen molar-refractivity contribution in [1.82, 2.24) is 0 Å². The third kappa shape index (κ3) is 2.77. The average molecular weight is 304 g/mol. The van der Waals surface area contributed by atoms with Crippen LogP contribution in [0.3, 0.4) is 0 Å². The zero-order valence-corrected chi connectivity index (χ0v) is 11.7. The molecule has 0 aliphatic carbocycles. The third-order valence-electron chi connectivity index (χ3n) is 2.27. The minimum atomic E-state index is -3.65. The van der Waals surface area contributed by atoms with Gasteiger partial charge in [-0.3, -0.25) is 4.72 Å². The van der Waals surface area contributed by atoms with E-state index in [0.717, 1.165) is 11.3 Å². The molecule has 1 heterocycles. The van der Waals surface area contributed by atoms with Gasteiger partial charge < -0.3 is 5.11 Å². The number of benzene rings is 1. The lowest BCUT2D eigenvalue weighted by atomic mass is 10.2. The van der Waals surface area contributed by atoms with Gasteiger partial charge in [0.25, 0.3) is 10.0 Å². The standard InChI is InChI=1S/C11H10ClNO3S2/c1-7-2-3-8(6-9(7)14)13-18(15,16)11-5-4-10(12)17-11/h2-6,13-14H,1H3. The summed E-state index contributed by atoms with van der Waals surface area (Å²) in [6.07, 6.45) is 0. The molecule has 0 atom stereocenters. The van der Waals surface area contributed by atoms with Crippen LogP contribution in [0.4, 0.5) is 5.69 Å². The predicted octanol–water partition coefficient (Wildman–Crippen LogP) is 3.22. The number of halogens is 1. The van der Waals surface area contributed by atoms with Gasteiger partial charge in [-0.05, 0) is 30.7 Å². The van der Waals surface area contributed by atoms with Gasteiger partial charge in [-0.15, -0.1) is 11.3 Å². The highest BCUT2D eigenvalue weighted by Crippen LogP contribution is 2.28. The molecule has 0 unspecified atom stereocenters. The predicted molar refractivity (Wildman–Crippen MR) is 73.0 cm³/mol.